The highest BCUT2D eigenvalue weighted by Crippen LogP contribution is 2.22. The van der Waals surface area contributed by atoms with Crippen LogP contribution in [0.1, 0.15) is 47.3 Å². The monoisotopic (exact) mass is 604 g/mol. The Labute approximate surface area is 265 Å². The summed E-state index contributed by atoms with van der Waals surface area (Å²) in [5.41, 5.74) is 4.55. The molecule has 0 aliphatic heterocycles. The van der Waals surface area contributed by atoms with Crippen molar-refractivity contribution in [1.29, 1.82) is 0 Å². The summed E-state index contributed by atoms with van der Waals surface area (Å²) in [6, 6.07) is 33.0. The molecule has 1 amide bonds. The van der Waals surface area contributed by atoms with Crippen molar-refractivity contribution in [3.8, 4) is 5.75 Å². The van der Waals surface area contributed by atoms with Crippen LogP contribution in [0.5, 0.6) is 5.75 Å². The second-order valence-corrected chi connectivity index (χ2v) is 11.0. The van der Waals surface area contributed by atoms with E-state index in [1.165, 1.54) is 7.11 Å². The first-order valence-corrected chi connectivity index (χ1v) is 15.1. The Morgan fingerprint density at radius 1 is 0.800 bits per heavy atom. The first kappa shape index (κ1) is 32.7. The van der Waals surface area contributed by atoms with Crippen LogP contribution in [0.15, 0.2) is 121 Å². The fraction of sp³-hybridized carbons (Fsp3) is 0.237. The van der Waals surface area contributed by atoms with Crippen LogP contribution < -0.4 is 10.1 Å². The van der Waals surface area contributed by atoms with Crippen molar-refractivity contribution in [3.05, 3.63) is 143 Å². The number of amides is 1. The van der Waals surface area contributed by atoms with Crippen molar-refractivity contribution in [2.75, 3.05) is 25.6 Å². The van der Waals surface area contributed by atoms with Gasteiger partial charge in [-0.15, -0.1) is 0 Å². The fourth-order valence-electron chi connectivity index (χ4n) is 4.89. The number of carbonyl (C=O) groups is 3. The normalized spacial score (nSPS) is 11.2. The Morgan fingerprint density at radius 2 is 1.44 bits per heavy atom. The number of para-hydroxylation sites is 1. The van der Waals surface area contributed by atoms with Gasteiger partial charge < -0.3 is 19.7 Å². The zero-order valence-corrected chi connectivity index (χ0v) is 26.1. The minimum absolute atomic E-state index is 0.0102. The number of hydrogen-bond acceptors (Lipinski definition) is 6. The summed E-state index contributed by atoms with van der Waals surface area (Å²) in [5, 5.41) is 3.24. The van der Waals surface area contributed by atoms with Gasteiger partial charge in [-0.3, -0.25) is 9.59 Å². The maximum atomic E-state index is 13.2. The summed E-state index contributed by atoms with van der Waals surface area (Å²) < 4.78 is 11.1. The van der Waals surface area contributed by atoms with Crippen molar-refractivity contribution in [2.24, 2.45) is 0 Å². The van der Waals surface area contributed by atoms with Crippen LogP contribution >= 0.6 is 0 Å². The van der Waals surface area contributed by atoms with Crippen LogP contribution in [0.25, 0.3) is 0 Å². The standard InChI is InChI=1S/C38H40N2O5/c1-28(2)25-36(41)40(27-30-13-6-4-7-14-30)23-12-24-45-32-21-19-29(20-22-32)26-35(38(43)44-3)39-34-18-11-10-17-33(34)37(42)31-15-8-5-9-16-31/h4-11,13-22,25,35,39H,12,23-24,26-27H2,1-3H3/t35-/m0/s1. The van der Waals surface area contributed by atoms with Gasteiger partial charge in [0, 0.05) is 42.4 Å². The van der Waals surface area contributed by atoms with E-state index in [2.05, 4.69) is 5.32 Å². The molecular weight excluding hydrogens is 564 g/mol. The number of hydrogen-bond donors (Lipinski definition) is 1. The van der Waals surface area contributed by atoms with Crippen molar-refractivity contribution in [2.45, 2.75) is 39.3 Å². The van der Waals surface area contributed by atoms with Gasteiger partial charge in [0.2, 0.25) is 5.91 Å². The maximum absolute atomic E-state index is 13.2. The molecule has 0 aliphatic carbocycles. The SMILES string of the molecule is COC(=O)[C@H](Cc1ccc(OCCCN(Cc2ccccc2)C(=O)C=C(C)C)cc1)Nc1ccccc1C(=O)c1ccccc1. The van der Waals surface area contributed by atoms with Crippen LogP contribution in [-0.4, -0.2) is 48.9 Å². The van der Waals surface area contributed by atoms with Gasteiger partial charge in [0.1, 0.15) is 11.8 Å². The van der Waals surface area contributed by atoms with Gasteiger partial charge in [-0.25, -0.2) is 4.79 Å². The van der Waals surface area contributed by atoms with E-state index in [1.807, 2.05) is 97.6 Å². The molecule has 0 heterocycles. The molecule has 0 aromatic heterocycles. The van der Waals surface area contributed by atoms with E-state index in [0.29, 0.717) is 55.1 Å². The van der Waals surface area contributed by atoms with Crippen LogP contribution in [0.3, 0.4) is 0 Å². The van der Waals surface area contributed by atoms with E-state index < -0.39 is 12.0 Å². The highest BCUT2D eigenvalue weighted by Gasteiger charge is 2.22. The van der Waals surface area contributed by atoms with E-state index in [0.717, 1.165) is 16.7 Å². The summed E-state index contributed by atoms with van der Waals surface area (Å²) in [6.07, 6.45) is 2.69. The molecule has 7 heteroatoms. The summed E-state index contributed by atoms with van der Waals surface area (Å²) in [4.78, 5) is 40.6. The summed E-state index contributed by atoms with van der Waals surface area (Å²) in [7, 11) is 1.35. The van der Waals surface area contributed by atoms with Gasteiger partial charge in [0.25, 0.3) is 0 Å². The van der Waals surface area contributed by atoms with Crippen molar-refractivity contribution in [1.82, 2.24) is 4.90 Å². The predicted octanol–water partition coefficient (Wildman–Crippen LogP) is 6.88. The Morgan fingerprint density at radius 3 is 2.11 bits per heavy atom. The van der Waals surface area contributed by atoms with E-state index in [1.54, 1.807) is 36.4 Å². The molecule has 45 heavy (non-hydrogen) atoms. The van der Waals surface area contributed by atoms with Crippen LogP contribution in [0.2, 0.25) is 0 Å². The van der Waals surface area contributed by atoms with Gasteiger partial charge in [-0.2, -0.15) is 0 Å². The third-order valence-electron chi connectivity index (χ3n) is 7.17. The number of rotatable bonds is 15. The molecule has 232 valence electrons. The molecule has 7 nitrogen and oxygen atoms in total. The lowest BCUT2D eigenvalue weighted by Gasteiger charge is -2.22. The number of allylic oxidation sites excluding steroid dienone is 1. The van der Waals surface area contributed by atoms with Crippen LogP contribution in [0.4, 0.5) is 5.69 Å². The zero-order valence-electron chi connectivity index (χ0n) is 26.1. The smallest absolute Gasteiger partial charge is 0.328 e. The molecule has 4 aromatic rings. The van der Waals surface area contributed by atoms with Crippen molar-refractivity contribution >= 4 is 23.3 Å². The van der Waals surface area contributed by atoms with Gasteiger partial charge >= 0.3 is 5.97 Å². The topological polar surface area (TPSA) is 84.9 Å². The quantitative estimate of drug-likeness (QED) is 0.0690. The lowest BCUT2D eigenvalue weighted by molar-refractivity contribution is -0.141. The second kappa shape index (κ2) is 16.6. The molecule has 1 atom stereocenters. The molecule has 4 rings (SSSR count). The van der Waals surface area contributed by atoms with E-state index in [9.17, 15) is 14.4 Å². The van der Waals surface area contributed by atoms with Crippen LogP contribution in [0, 0.1) is 0 Å². The number of anilines is 1. The predicted molar refractivity (Wildman–Crippen MR) is 177 cm³/mol. The summed E-state index contributed by atoms with van der Waals surface area (Å²) >= 11 is 0. The third-order valence-corrected chi connectivity index (χ3v) is 7.17. The van der Waals surface area contributed by atoms with Gasteiger partial charge in [0.05, 0.1) is 13.7 Å². The molecule has 0 bridgehead atoms. The molecule has 0 fully saturated rings. The lowest BCUT2D eigenvalue weighted by atomic mass is 10.00. The van der Waals surface area contributed by atoms with Crippen molar-refractivity contribution < 1.29 is 23.9 Å². The minimum atomic E-state index is -0.708. The highest BCUT2D eigenvalue weighted by molar-refractivity contribution is 6.12. The molecule has 0 saturated carbocycles. The first-order chi connectivity index (χ1) is 21.8. The van der Waals surface area contributed by atoms with Gasteiger partial charge in [-0.1, -0.05) is 90.5 Å². The van der Waals surface area contributed by atoms with E-state index >= 15 is 0 Å². The number of benzene rings is 4. The molecule has 0 aliphatic rings. The summed E-state index contributed by atoms with van der Waals surface area (Å²) in [5.74, 6) is 0.128. The number of ketones is 1. The average Bonchev–Trinajstić information content (AvgIpc) is 3.06. The number of ether oxygens (including phenoxy) is 2. The molecule has 0 unspecified atom stereocenters. The molecule has 0 spiro atoms. The summed E-state index contributed by atoms with van der Waals surface area (Å²) in [6.45, 7) is 5.39. The second-order valence-electron chi connectivity index (χ2n) is 11.0. The number of nitrogens with one attached hydrogen (secondary N) is 1. The third kappa shape index (κ3) is 9.93. The van der Waals surface area contributed by atoms with E-state index in [4.69, 9.17) is 9.47 Å². The number of methoxy groups -OCH3 is 1. The number of carbonyl (C=O) groups excluding carboxylic acids is 3. The largest absolute Gasteiger partial charge is 0.494 e. The lowest BCUT2D eigenvalue weighted by Crippen LogP contribution is -2.33. The molecular formula is C38H40N2O5. The Kier molecular flexibility index (Phi) is 12.1. The Hall–Kier alpha value is -5.17. The molecule has 0 saturated heterocycles. The maximum Gasteiger partial charge on any atom is 0.328 e. The number of esters is 1. The Balaban J connectivity index is 1.35. The number of nitrogens with zero attached hydrogens (tertiary/aromatic N) is 1. The van der Waals surface area contributed by atoms with Gasteiger partial charge in [0.15, 0.2) is 5.78 Å². The molecule has 0 radical (unpaired) electrons. The fourth-order valence-corrected chi connectivity index (χ4v) is 4.89. The molecule has 4 aromatic carbocycles. The minimum Gasteiger partial charge on any atom is -0.494 e. The highest BCUT2D eigenvalue weighted by atomic mass is 16.5. The van der Waals surface area contributed by atoms with Crippen LogP contribution in [-0.2, 0) is 27.3 Å². The zero-order chi connectivity index (χ0) is 32.0. The van der Waals surface area contributed by atoms with E-state index in [-0.39, 0.29) is 11.7 Å². The van der Waals surface area contributed by atoms with Crippen molar-refractivity contribution in [3.63, 3.8) is 0 Å². The molecule has 1 N–H and O–H groups in total. The Bertz CT molecular complexity index is 1580. The van der Waals surface area contributed by atoms with Gasteiger partial charge in [-0.05, 0) is 55.7 Å². The first-order valence-electron chi connectivity index (χ1n) is 15.1. The average molecular weight is 605 g/mol.